The molecule has 150 valence electrons. The SMILES string of the molecule is CCCCOc1ccc(C[C@H](NC(=O)CCC2CCCC2)C(=O)NC)cc1. The Balaban J connectivity index is 1.85. The molecule has 0 aliphatic heterocycles. The van der Waals surface area contributed by atoms with Gasteiger partial charge in [0.05, 0.1) is 6.61 Å². The summed E-state index contributed by atoms with van der Waals surface area (Å²) in [7, 11) is 1.60. The number of hydrogen-bond acceptors (Lipinski definition) is 3. The third kappa shape index (κ3) is 7.61. The van der Waals surface area contributed by atoms with Gasteiger partial charge in [-0.05, 0) is 36.5 Å². The third-order valence-electron chi connectivity index (χ3n) is 5.28. The minimum Gasteiger partial charge on any atom is -0.494 e. The van der Waals surface area contributed by atoms with Gasteiger partial charge in [-0.15, -0.1) is 0 Å². The van der Waals surface area contributed by atoms with Gasteiger partial charge in [0.15, 0.2) is 0 Å². The fourth-order valence-electron chi connectivity index (χ4n) is 3.58. The second kappa shape index (κ2) is 11.6. The Bertz CT molecular complexity index is 580. The van der Waals surface area contributed by atoms with E-state index in [1.165, 1.54) is 25.7 Å². The lowest BCUT2D eigenvalue weighted by Crippen LogP contribution is -2.47. The fraction of sp³-hybridized carbons (Fsp3) is 0.636. The lowest BCUT2D eigenvalue weighted by molar-refractivity contribution is -0.128. The number of carbonyl (C=O) groups is 2. The summed E-state index contributed by atoms with van der Waals surface area (Å²) in [6.07, 6.45) is 9.08. The maximum atomic E-state index is 12.3. The number of rotatable bonds is 11. The number of nitrogens with one attached hydrogen (secondary N) is 2. The Kier molecular flexibility index (Phi) is 9.16. The van der Waals surface area contributed by atoms with Crippen LogP contribution in [0.25, 0.3) is 0 Å². The average molecular weight is 375 g/mol. The van der Waals surface area contributed by atoms with Gasteiger partial charge in [0, 0.05) is 19.9 Å². The molecule has 0 unspecified atom stereocenters. The molecule has 1 fully saturated rings. The van der Waals surface area contributed by atoms with Crippen LogP contribution in [-0.4, -0.2) is 31.5 Å². The molecule has 1 atom stereocenters. The summed E-state index contributed by atoms with van der Waals surface area (Å²) in [5.74, 6) is 1.32. The monoisotopic (exact) mass is 374 g/mol. The first-order valence-corrected chi connectivity index (χ1v) is 10.3. The first-order valence-electron chi connectivity index (χ1n) is 10.3. The number of hydrogen-bond donors (Lipinski definition) is 2. The quantitative estimate of drug-likeness (QED) is 0.582. The van der Waals surface area contributed by atoms with Crippen molar-refractivity contribution >= 4 is 11.8 Å². The van der Waals surface area contributed by atoms with Crippen molar-refractivity contribution in [2.45, 2.75) is 70.8 Å². The number of ether oxygens (including phenoxy) is 1. The van der Waals surface area contributed by atoms with Crippen LogP contribution in [0.3, 0.4) is 0 Å². The molecule has 27 heavy (non-hydrogen) atoms. The van der Waals surface area contributed by atoms with Crippen LogP contribution in [-0.2, 0) is 16.0 Å². The Morgan fingerprint density at radius 2 is 1.89 bits per heavy atom. The van der Waals surface area contributed by atoms with Crippen molar-refractivity contribution in [3.63, 3.8) is 0 Å². The van der Waals surface area contributed by atoms with Crippen molar-refractivity contribution in [1.82, 2.24) is 10.6 Å². The minimum absolute atomic E-state index is 0.0324. The molecule has 1 aromatic rings. The largest absolute Gasteiger partial charge is 0.494 e. The molecule has 1 aromatic carbocycles. The third-order valence-corrected chi connectivity index (χ3v) is 5.28. The molecule has 1 aliphatic carbocycles. The molecule has 0 saturated heterocycles. The number of unbranched alkanes of at least 4 members (excludes halogenated alkanes) is 1. The summed E-state index contributed by atoms with van der Waals surface area (Å²) in [6, 6.07) is 7.23. The highest BCUT2D eigenvalue weighted by Gasteiger charge is 2.21. The van der Waals surface area contributed by atoms with Gasteiger partial charge in [-0.25, -0.2) is 0 Å². The van der Waals surface area contributed by atoms with Crippen LogP contribution in [0.1, 0.15) is 63.9 Å². The van der Waals surface area contributed by atoms with Gasteiger partial charge in [0.1, 0.15) is 11.8 Å². The van der Waals surface area contributed by atoms with E-state index in [0.717, 1.165) is 30.6 Å². The Morgan fingerprint density at radius 3 is 2.52 bits per heavy atom. The number of benzene rings is 1. The highest BCUT2D eigenvalue weighted by Crippen LogP contribution is 2.28. The van der Waals surface area contributed by atoms with Gasteiger partial charge in [0.2, 0.25) is 11.8 Å². The van der Waals surface area contributed by atoms with Crippen LogP contribution in [0.2, 0.25) is 0 Å². The van der Waals surface area contributed by atoms with Gasteiger partial charge in [-0.2, -0.15) is 0 Å². The molecule has 2 N–H and O–H groups in total. The Labute approximate surface area is 163 Å². The van der Waals surface area contributed by atoms with E-state index in [4.69, 9.17) is 4.74 Å². The molecular weight excluding hydrogens is 340 g/mol. The number of amides is 2. The zero-order chi connectivity index (χ0) is 19.5. The van der Waals surface area contributed by atoms with Gasteiger partial charge in [0.25, 0.3) is 0 Å². The van der Waals surface area contributed by atoms with E-state index in [2.05, 4.69) is 17.6 Å². The molecule has 0 bridgehead atoms. The fourth-order valence-corrected chi connectivity index (χ4v) is 3.58. The van der Waals surface area contributed by atoms with Crippen molar-refractivity contribution in [3.8, 4) is 5.75 Å². The van der Waals surface area contributed by atoms with Gasteiger partial charge in [-0.1, -0.05) is 51.2 Å². The Morgan fingerprint density at radius 1 is 1.19 bits per heavy atom. The molecule has 1 aliphatic rings. The van der Waals surface area contributed by atoms with Gasteiger partial charge >= 0.3 is 0 Å². The summed E-state index contributed by atoms with van der Waals surface area (Å²) in [6.45, 7) is 2.85. The lowest BCUT2D eigenvalue weighted by Gasteiger charge is -2.18. The van der Waals surface area contributed by atoms with Crippen molar-refractivity contribution in [2.24, 2.45) is 5.92 Å². The van der Waals surface area contributed by atoms with Crippen LogP contribution < -0.4 is 15.4 Å². The molecule has 0 spiro atoms. The average Bonchev–Trinajstić information content (AvgIpc) is 3.20. The summed E-state index contributed by atoms with van der Waals surface area (Å²) in [5, 5.41) is 5.57. The highest BCUT2D eigenvalue weighted by molar-refractivity contribution is 5.87. The second-order valence-corrected chi connectivity index (χ2v) is 7.47. The molecule has 0 aromatic heterocycles. The lowest BCUT2D eigenvalue weighted by atomic mass is 10.0. The molecule has 1 saturated carbocycles. The first-order chi connectivity index (χ1) is 13.1. The van der Waals surface area contributed by atoms with Crippen molar-refractivity contribution < 1.29 is 14.3 Å². The highest BCUT2D eigenvalue weighted by atomic mass is 16.5. The van der Waals surface area contributed by atoms with E-state index in [1.807, 2.05) is 24.3 Å². The van der Waals surface area contributed by atoms with Crippen molar-refractivity contribution in [1.29, 1.82) is 0 Å². The standard InChI is InChI=1S/C22H34N2O3/c1-3-4-15-27-19-12-9-18(10-13-19)16-20(22(26)23-2)24-21(25)14-11-17-7-5-6-8-17/h9-10,12-13,17,20H,3-8,11,14-16H2,1-2H3,(H,23,26)(H,24,25)/t20-/m0/s1. The number of carbonyl (C=O) groups excluding carboxylic acids is 2. The maximum Gasteiger partial charge on any atom is 0.242 e. The topological polar surface area (TPSA) is 67.4 Å². The summed E-state index contributed by atoms with van der Waals surface area (Å²) in [5.41, 5.74) is 1.00. The summed E-state index contributed by atoms with van der Waals surface area (Å²) >= 11 is 0. The van der Waals surface area contributed by atoms with E-state index >= 15 is 0 Å². The van der Waals surface area contributed by atoms with E-state index in [1.54, 1.807) is 7.05 Å². The van der Waals surface area contributed by atoms with Crippen molar-refractivity contribution in [2.75, 3.05) is 13.7 Å². The minimum atomic E-state index is -0.544. The summed E-state index contributed by atoms with van der Waals surface area (Å²) in [4.78, 5) is 24.5. The van der Waals surface area contributed by atoms with E-state index in [9.17, 15) is 9.59 Å². The van der Waals surface area contributed by atoms with Crippen LogP contribution in [0.15, 0.2) is 24.3 Å². The zero-order valence-electron chi connectivity index (χ0n) is 16.8. The second-order valence-electron chi connectivity index (χ2n) is 7.47. The molecular formula is C22H34N2O3. The van der Waals surface area contributed by atoms with Crippen molar-refractivity contribution in [3.05, 3.63) is 29.8 Å². The zero-order valence-corrected chi connectivity index (χ0v) is 16.8. The molecule has 2 rings (SSSR count). The number of likely N-dealkylation sites (N-methyl/N-ethyl adjacent to an activating group) is 1. The maximum absolute atomic E-state index is 12.3. The van der Waals surface area contributed by atoms with Gasteiger partial charge < -0.3 is 15.4 Å². The van der Waals surface area contributed by atoms with E-state index in [-0.39, 0.29) is 11.8 Å². The predicted octanol–water partition coefficient (Wildman–Crippen LogP) is 3.61. The van der Waals surface area contributed by atoms with Crippen LogP contribution in [0.5, 0.6) is 5.75 Å². The smallest absolute Gasteiger partial charge is 0.242 e. The molecule has 5 heteroatoms. The molecule has 5 nitrogen and oxygen atoms in total. The van der Waals surface area contributed by atoms with E-state index in [0.29, 0.717) is 25.4 Å². The molecule has 2 amide bonds. The molecule has 0 radical (unpaired) electrons. The first kappa shape index (κ1) is 21.3. The summed E-state index contributed by atoms with van der Waals surface area (Å²) < 4.78 is 5.67. The van der Waals surface area contributed by atoms with Gasteiger partial charge in [-0.3, -0.25) is 9.59 Å². The normalized spacial score (nSPS) is 15.3. The van der Waals surface area contributed by atoms with Crippen LogP contribution >= 0.6 is 0 Å². The molecule has 0 heterocycles. The van der Waals surface area contributed by atoms with Crippen LogP contribution in [0.4, 0.5) is 0 Å². The van der Waals surface area contributed by atoms with E-state index < -0.39 is 6.04 Å². The Hall–Kier alpha value is -2.04. The predicted molar refractivity (Wildman–Crippen MR) is 108 cm³/mol. The van der Waals surface area contributed by atoms with Crippen LogP contribution in [0, 0.1) is 5.92 Å².